The van der Waals surface area contributed by atoms with Gasteiger partial charge < -0.3 is 10.5 Å². The first-order chi connectivity index (χ1) is 4.36. The molecule has 0 radical (unpaired) electrons. The van der Waals surface area contributed by atoms with Crippen LogP contribution in [-0.2, 0) is 4.74 Å². The van der Waals surface area contributed by atoms with Gasteiger partial charge in [0.05, 0.1) is 6.54 Å². The van der Waals surface area contributed by atoms with E-state index in [-0.39, 0.29) is 0 Å². The minimum atomic E-state index is 0.324. The Hall–Kier alpha value is -0.730. The second kappa shape index (κ2) is 1.62. The van der Waals surface area contributed by atoms with E-state index in [0.29, 0.717) is 12.1 Å². The molecule has 1 fully saturated rings. The van der Waals surface area contributed by atoms with Crippen molar-refractivity contribution in [1.29, 1.82) is 0 Å². The minimum absolute atomic E-state index is 0.324. The maximum Gasteiger partial charge on any atom is 0.282 e. The van der Waals surface area contributed by atoms with Crippen molar-refractivity contribution in [2.75, 3.05) is 6.54 Å². The highest BCUT2D eigenvalue weighted by atomic mass is 16.5. The Morgan fingerprint density at radius 2 is 2.33 bits per heavy atom. The van der Waals surface area contributed by atoms with Crippen LogP contribution in [0.4, 0.5) is 0 Å². The highest BCUT2D eigenvalue weighted by Crippen LogP contribution is 2.35. The van der Waals surface area contributed by atoms with E-state index < -0.39 is 0 Å². The lowest BCUT2D eigenvalue weighted by molar-refractivity contribution is 0.197. The molecule has 1 unspecified atom stereocenters. The van der Waals surface area contributed by atoms with Crippen LogP contribution in [0.5, 0.6) is 0 Å². The van der Waals surface area contributed by atoms with Crippen LogP contribution in [0.15, 0.2) is 4.99 Å². The molecule has 50 valence electrons. The van der Waals surface area contributed by atoms with Crippen molar-refractivity contribution in [3.63, 3.8) is 0 Å². The average molecular weight is 126 g/mol. The molecule has 0 aromatic rings. The molecule has 2 N–H and O–H groups in total. The van der Waals surface area contributed by atoms with Crippen molar-refractivity contribution in [2.45, 2.75) is 18.9 Å². The SMILES string of the molecule is NC1=NCC(C2CC2)O1. The summed E-state index contributed by atoms with van der Waals surface area (Å²) >= 11 is 0. The first kappa shape index (κ1) is 5.09. The summed E-state index contributed by atoms with van der Waals surface area (Å²) in [6, 6.07) is 0.381. The average Bonchev–Trinajstić information content (AvgIpc) is 2.58. The summed E-state index contributed by atoms with van der Waals surface area (Å²) in [5.41, 5.74) is 5.32. The number of hydrogen-bond acceptors (Lipinski definition) is 3. The van der Waals surface area contributed by atoms with Crippen LogP contribution >= 0.6 is 0 Å². The summed E-state index contributed by atoms with van der Waals surface area (Å²) in [5, 5.41) is 0. The van der Waals surface area contributed by atoms with E-state index in [1.54, 1.807) is 0 Å². The smallest absolute Gasteiger partial charge is 0.282 e. The summed E-state index contributed by atoms with van der Waals surface area (Å²) in [6.45, 7) is 0.788. The molecule has 2 rings (SSSR count). The molecule has 1 aliphatic heterocycles. The molecule has 3 nitrogen and oxygen atoms in total. The molecule has 0 aromatic carbocycles. The molecule has 0 amide bonds. The second-order valence-corrected chi connectivity index (χ2v) is 2.67. The Balaban J connectivity index is 1.91. The summed E-state index contributed by atoms with van der Waals surface area (Å²) in [6.07, 6.45) is 2.92. The third-order valence-corrected chi connectivity index (χ3v) is 1.85. The van der Waals surface area contributed by atoms with Gasteiger partial charge in [0, 0.05) is 0 Å². The van der Waals surface area contributed by atoms with E-state index in [2.05, 4.69) is 4.99 Å². The van der Waals surface area contributed by atoms with Gasteiger partial charge in [-0.05, 0) is 18.8 Å². The van der Waals surface area contributed by atoms with Crippen molar-refractivity contribution >= 4 is 6.02 Å². The van der Waals surface area contributed by atoms with E-state index in [1.807, 2.05) is 0 Å². The van der Waals surface area contributed by atoms with Crippen molar-refractivity contribution < 1.29 is 4.74 Å². The lowest BCUT2D eigenvalue weighted by atomic mass is 10.2. The van der Waals surface area contributed by atoms with Gasteiger partial charge in [-0.3, -0.25) is 0 Å². The molecule has 1 aliphatic carbocycles. The molecule has 0 saturated heterocycles. The number of amidine groups is 1. The van der Waals surface area contributed by atoms with Crippen LogP contribution < -0.4 is 5.73 Å². The molecule has 0 aromatic heterocycles. The third-order valence-electron chi connectivity index (χ3n) is 1.85. The third kappa shape index (κ3) is 0.866. The Labute approximate surface area is 53.9 Å². The van der Waals surface area contributed by atoms with Gasteiger partial charge in [-0.2, -0.15) is 0 Å². The van der Waals surface area contributed by atoms with Gasteiger partial charge in [-0.1, -0.05) is 0 Å². The van der Waals surface area contributed by atoms with Crippen LogP contribution in [0.1, 0.15) is 12.8 Å². The molecule has 2 aliphatic rings. The molecule has 3 heteroatoms. The molecule has 9 heavy (non-hydrogen) atoms. The Kier molecular flexibility index (Phi) is 0.917. The number of aliphatic imine (C=N–C) groups is 1. The van der Waals surface area contributed by atoms with Crippen LogP contribution in [0, 0.1) is 5.92 Å². The number of hydrogen-bond donors (Lipinski definition) is 1. The zero-order valence-electron chi connectivity index (χ0n) is 5.21. The van der Waals surface area contributed by atoms with E-state index in [0.717, 1.165) is 12.5 Å². The van der Waals surface area contributed by atoms with Gasteiger partial charge in [0.15, 0.2) is 0 Å². The van der Waals surface area contributed by atoms with E-state index in [4.69, 9.17) is 10.5 Å². The van der Waals surface area contributed by atoms with Gasteiger partial charge in [0.25, 0.3) is 6.02 Å². The molecular formula is C6H10N2O. The number of rotatable bonds is 1. The van der Waals surface area contributed by atoms with Crippen molar-refractivity contribution in [1.82, 2.24) is 0 Å². The topological polar surface area (TPSA) is 47.6 Å². The second-order valence-electron chi connectivity index (χ2n) is 2.67. The zero-order valence-corrected chi connectivity index (χ0v) is 5.21. The molecule has 1 heterocycles. The normalized spacial score (nSPS) is 33.8. The first-order valence-electron chi connectivity index (χ1n) is 3.33. The maximum atomic E-state index is 5.32. The van der Waals surface area contributed by atoms with Crippen LogP contribution in [0.2, 0.25) is 0 Å². The van der Waals surface area contributed by atoms with E-state index >= 15 is 0 Å². The van der Waals surface area contributed by atoms with Crippen LogP contribution in [-0.4, -0.2) is 18.7 Å². The van der Waals surface area contributed by atoms with Gasteiger partial charge in [0.2, 0.25) is 0 Å². The van der Waals surface area contributed by atoms with Gasteiger partial charge >= 0.3 is 0 Å². The fourth-order valence-electron chi connectivity index (χ4n) is 1.12. The van der Waals surface area contributed by atoms with Crippen molar-refractivity contribution in [2.24, 2.45) is 16.6 Å². The number of nitrogens with zero attached hydrogens (tertiary/aromatic N) is 1. The van der Waals surface area contributed by atoms with Crippen LogP contribution in [0.3, 0.4) is 0 Å². The zero-order chi connectivity index (χ0) is 6.27. The quantitative estimate of drug-likeness (QED) is 0.542. The summed E-state index contributed by atoms with van der Waals surface area (Å²) in [4.78, 5) is 3.95. The lowest BCUT2D eigenvalue weighted by Crippen LogP contribution is -2.19. The minimum Gasteiger partial charge on any atom is -0.460 e. The maximum absolute atomic E-state index is 5.32. The highest BCUT2D eigenvalue weighted by Gasteiger charge is 2.35. The monoisotopic (exact) mass is 126 g/mol. The lowest BCUT2D eigenvalue weighted by Gasteiger charge is -2.05. The molecule has 0 bridgehead atoms. The van der Waals surface area contributed by atoms with Gasteiger partial charge in [0.1, 0.15) is 6.10 Å². The fourth-order valence-corrected chi connectivity index (χ4v) is 1.12. The van der Waals surface area contributed by atoms with Gasteiger partial charge in [-0.25, -0.2) is 4.99 Å². The molecular weight excluding hydrogens is 116 g/mol. The fraction of sp³-hybridized carbons (Fsp3) is 0.833. The summed E-state index contributed by atoms with van der Waals surface area (Å²) in [5.74, 6) is 0.759. The van der Waals surface area contributed by atoms with E-state index in [9.17, 15) is 0 Å². The van der Waals surface area contributed by atoms with E-state index in [1.165, 1.54) is 12.8 Å². The number of ether oxygens (including phenoxy) is 1. The standard InChI is InChI=1S/C6H10N2O/c7-6-8-3-5(9-6)4-1-2-4/h4-5H,1-3H2,(H2,7,8). The Morgan fingerprint density at radius 3 is 2.78 bits per heavy atom. The Morgan fingerprint density at radius 1 is 1.56 bits per heavy atom. The summed E-state index contributed by atoms with van der Waals surface area (Å²) in [7, 11) is 0. The van der Waals surface area contributed by atoms with Crippen LogP contribution in [0.25, 0.3) is 0 Å². The predicted molar refractivity (Wildman–Crippen MR) is 34.1 cm³/mol. The number of nitrogens with two attached hydrogens (primary N) is 1. The van der Waals surface area contributed by atoms with Gasteiger partial charge in [-0.15, -0.1) is 0 Å². The first-order valence-corrected chi connectivity index (χ1v) is 3.33. The molecule has 0 spiro atoms. The predicted octanol–water partition coefficient (Wildman–Crippen LogP) is 0.110. The van der Waals surface area contributed by atoms with Crippen molar-refractivity contribution in [3.8, 4) is 0 Å². The highest BCUT2D eigenvalue weighted by molar-refractivity contribution is 5.73. The summed E-state index contributed by atoms with van der Waals surface area (Å²) < 4.78 is 5.21. The Bertz CT molecular complexity index is 151. The van der Waals surface area contributed by atoms with Crippen molar-refractivity contribution in [3.05, 3.63) is 0 Å². The largest absolute Gasteiger partial charge is 0.460 e. The molecule has 1 atom stereocenters. The molecule has 1 saturated carbocycles.